The number of carbonyl (C=O) groups excluding carboxylic acids is 1. The van der Waals surface area contributed by atoms with Crippen LogP contribution in [0.25, 0.3) is 0 Å². The molecule has 24 heavy (non-hydrogen) atoms. The fourth-order valence-corrected chi connectivity index (χ4v) is 2.70. The highest BCUT2D eigenvalue weighted by molar-refractivity contribution is 5.83. The summed E-state index contributed by atoms with van der Waals surface area (Å²) in [7, 11) is 1.77. The fraction of sp³-hybridized carbons (Fsp3) is 0.444. The predicted molar refractivity (Wildman–Crippen MR) is 88.5 cm³/mol. The van der Waals surface area contributed by atoms with Crippen LogP contribution in [-0.4, -0.2) is 36.2 Å². The van der Waals surface area contributed by atoms with Gasteiger partial charge in [-0.2, -0.15) is 0 Å². The van der Waals surface area contributed by atoms with Crippen LogP contribution in [0.4, 0.5) is 4.39 Å². The molecule has 2 aromatic rings. The van der Waals surface area contributed by atoms with Crippen LogP contribution in [0.5, 0.6) is 5.75 Å². The number of aryl methyl sites for hydroxylation is 2. The van der Waals surface area contributed by atoms with Crippen molar-refractivity contribution in [2.75, 3.05) is 20.2 Å². The molecule has 0 radical (unpaired) electrons. The maximum absolute atomic E-state index is 12.8. The molecule has 0 aliphatic carbocycles. The average molecular weight is 334 g/mol. The Bertz CT molecular complexity index is 663. The summed E-state index contributed by atoms with van der Waals surface area (Å²) in [5, 5.41) is 3.90. The van der Waals surface area contributed by atoms with Gasteiger partial charge in [0.1, 0.15) is 17.3 Å². The zero-order valence-electron chi connectivity index (χ0n) is 14.5. The van der Waals surface area contributed by atoms with Crippen molar-refractivity contribution in [2.24, 2.45) is 0 Å². The van der Waals surface area contributed by atoms with E-state index in [1.807, 2.05) is 20.8 Å². The summed E-state index contributed by atoms with van der Waals surface area (Å²) >= 11 is 0. The van der Waals surface area contributed by atoms with Crippen LogP contribution in [0.2, 0.25) is 0 Å². The Morgan fingerprint density at radius 2 is 2.00 bits per heavy atom. The second-order valence-electron chi connectivity index (χ2n) is 5.88. The van der Waals surface area contributed by atoms with E-state index in [1.165, 1.54) is 12.1 Å². The third kappa shape index (κ3) is 4.34. The van der Waals surface area contributed by atoms with Crippen molar-refractivity contribution in [3.63, 3.8) is 0 Å². The van der Waals surface area contributed by atoms with Gasteiger partial charge in [0.15, 0.2) is 0 Å². The lowest BCUT2D eigenvalue weighted by molar-refractivity contribution is -0.131. The van der Waals surface area contributed by atoms with Crippen molar-refractivity contribution in [1.82, 2.24) is 10.1 Å². The molecule has 1 aromatic carbocycles. The minimum atomic E-state index is -0.292. The average Bonchev–Trinajstić information content (AvgIpc) is 2.90. The van der Waals surface area contributed by atoms with Crippen molar-refractivity contribution < 1.29 is 18.4 Å². The number of aromatic nitrogens is 1. The summed E-state index contributed by atoms with van der Waals surface area (Å²) in [6.07, 6.45) is 0.688. The highest BCUT2D eigenvalue weighted by Crippen LogP contribution is 2.24. The first-order valence-electron chi connectivity index (χ1n) is 7.96. The second-order valence-corrected chi connectivity index (χ2v) is 5.88. The zero-order chi connectivity index (χ0) is 17.7. The van der Waals surface area contributed by atoms with Gasteiger partial charge in [0.05, 0.1) is 18.2 Å². The van der Waals surface area contributed by atoms with Gasteiger partial charge < -0.3 is 14.2 Å². The molecule has 0 saturated heterocycles. The molecule has 5 nitrogen and oxygen atoms in total. The van der Waals surface area contributed by atoms with Crippen LogP contribution in [0, 0.1) is 19.7 Å². The first-order chi connectivity index (χ1) is 11.4. The second kappa shape index (κ2) is 7.95. The van der Waals surface area contributed by atoms with E-state index in [9.17, 15) is 9.18 Å². The molecule has 1 atom stereocenters. The van der Waals surface area contributed by atoms with E-state index >= 15 is 0 Å². The first kappa shape index (κ1) is 18.0. The smallest absolute Gasteiger partial charge is 0.229 e. The molecule has 130 valence electrons. The van der Waals surface area contributed by atoms with Crippen molar-refractivity contribution in [2.45, 2.75) is 33.1 Å². The molecule has 0 N–H and O–H groups in total. The number of likely N-dealkylation sites (N-methyl/N-ethyl adjacent to an activating group) is 1. The van der Waals surface area contributed by atoms with Gasteiger partial charge in [-0.3, -0.25) is 4.79 Å². The van der Waals surface area contributed by atoms with E-state index in [1.54, 1.807) is 24.1 Å². The van der Waals surface area contributed by atoms with Crippen molar-refractivity contribution in [3.05, 3.63) is 47.1 Å². The molecule has 1 amide bonds. The predicted octanol–water partition coefficient (Wildman–Crippen LogP) is 3.46. The normalized spacial score (nSPS) is 12.0. The Kier molecular flexibility index (Phi) is 5.95. The SMILES string of the molecule is Cc1noc(C)c1C(C)C(=O)N(C)CCCOc1ccc(F)cc1. The Morgan fingerprint density at radius 3 is 2.58 bits per heavy atom. The quantitative estimate of drug-likeness (QED) is 0.728. The van der Waals surface area contributed by atoms with Crippen LogP contribution in [0.3, 0.4) is 0 Å². The lowest BCUT2D eigenvalue weighted by Crippen LogP contribution is -2.32. The first-order valence-corrected chi connectivity index (χ1v) is 7.96. The highest BCUT2D eigenvalue weighted by Gasteiger charge is 2.25. The number of amides is 1. The number of hydrogen-bond acceptors (Lipinski definition) is 4. The molecule has 0 bridgehead atoms. The lowest BCUT2D eigenvalue weighted by Gasteiger charge is -2.21. The number of carbonyl (C=O) groups is 1. The summed E-state index contributed by atoms with van der Waals surface area (Å²) in [5.41, 5.74) is 1.61. The monoisotopic (exact) mass is 334 g/mol. The summed E-state index contributed by atoms with van der Waals surface area (Å²) < 4.78 is 23.5. The molecule has 0 aliphatic heterocycles. The van der Waals surface area contributed by atoms with E-state index < -0.39 is 0 Å². The number of nitrogens with zero attached hydrogens (tertiary/aromatic N) is 2. The van der Waals surface area contributed by atoms with Gasteiger partial charge in [-0.1, -0.05) is 5.16 Å². The number of hydrogen-bond donors (Lipinski definition) is 0. The van der Waals surface area contributed by atoms with Crippen molar-refractivity contribution in [1.29, 1.82) is 0 Å². The van der Waals surface area contributed by atoms with Gasteiger partial charge in [-0.05, 0) is 51.5 Å². The largest absolute Gasteiger partial charge is 0.494 e. The van der Waals surface area contributed by atoms with Crippen LogP contribution in [0.15, 0.2) is 28.8 Å². The third-order valence-electron chi connectivity index (χ3n) is 3.99. The topological polar surface area (TPSA) is 55.6 Å². The Morgan fingerprint density at radius 1 is 1.33 bits per heavy atom. The van der Waals surface area contributed by atoms with Crippen LogP contribution >= 0.6 is 0 Å². The summed E-state index contributed by atoms with van der Waals surface area (Å²) in [5.74, 6) is 0.738. The highest BCUT2D eigenvalue weighted by atomic mass is 19.1. The molecule has 6 heteroatoms. The number of ether oxygens (including phenoxy) is 1. The number of halogens is 1. The lowest BCUT2D eigenvalue weighted by atomic mass is 9.98. The molecule has 1 aromatic heterocycles. The maximum Gasteiger partial charge on any atom is 0.229 e. The summed E-state index contributed by atoms with van der Waals surface area (Å²) in [6, 6.07) is 5.89. The van der Waals surface area contributed by atoms with E-state index in [4.69, 9.17) is 9.26 Å². The van der Waals surface area contributed by atoms with E-state index in [0.29, 0.717) is 31.1 Å². The summed E-state index contributed by atoms with van der Waals surface area (Å²) in [6.45, 7) is 6.55. The van der Waals surface area contributed by atoms with Crippen LogP contribution < -0.4 is 4.74 Å². The van der Waals surface area contributed by atoms with Crippen molar-refractivity contribution >= 4 is 5.91 Å². The van der Waals surface area contributed by atoms with E-state index in [0.717, 1.165) is 11.3 Å². The van der Waals surface area contributed by atoms with Gasteiger partial charge in [-0.25, -0.2) is 4.39 Å². The van der Waals surface area contributed by atoms with Crippen molar-refractivity contribution in [3.8, 4) is 5.75 Å². The molecule has 0 fully saturated rings. The van der Waals surface area contributed by atoms with Crippen LogP contribution in [0.1, 0.15) is 36.3 Å². The van der Waals surface area contributed by atoms with Crippen LogP contribution in [-0.2, 0) is 4.79 Å². The Hall–Kier alpha value is -2.37. The molecule has 0 aliphatic rings. The standard InChI is InChI=1S/C18H23FN2O3/c1-12(17-13(2)20-24-14(17)3)18(22)21(4)10-5-11-23-16-8-6-15(19)7-9-16/h6-9,12H,5,10-11H2,1-4H3. The minimum absolute atomic E-state index is 0.0196. The Balaban J connectivity index is 1.80. The third-order valence-corrected chi connectivity index (χ3v) is 3.99. The molecule has 0 saturated carbocycles. The molecular weight excluding hydrogens is 311 g/mol. The van der Waals surface area contributed by atoms with E-state index in [-0.39, 0.29) is 17.6 Å². The van der Waals surface area contributed by atoms with Gasteiger partial charge in [0.2, 0.25) is 5.91 Å². The van der Waals surface area contributed by atoms with Gasteiger partial charge in [0.25, 0.3) is 0 Å². The van der Waals surface area contributed by atoms with Gasteiger partial charge in [0, 0.05) is 19.2 Å². The molecule has 2 rings (SSSR count). The maximum atomic E-state index is 12.8. The molecule has 0 spiro atoms. The number of rotatable bonds is 7. The van der Waals surface area contributed by atoms with Gasteiger partial charge >= 0.3 is 0 Å². The molecule has 1 heterocycles. The number of benzene rings is 1. The zero-order valence-corrected chi connectivity index (χ0v) is 14.5. The summed E-state index contributed by atoms with van der Waals surface area (Å²) in [4.78, 5) is 14.2. The Labute approximate surface area is 141 Å². The van der Waals surface area contributed by atoms with Gasteiger partial charge in [-0.15, -0.1) is 0 Å². The molecule has 1 unspecified atom stereocenters. The van der Waals surface area contributed by atoms with E-state index in [2.05, 4.69) is 5.16 Å². The fourth-order valence-electron chi connectivity index (χ4n) is 2.70. The minimum Gasteiger partial charge on any atom is -0.494 e. The molecular formula is C18H23FN2O3.